The molecule has 0 N–H and O–H groups in total. The lowest BCUT2D eigenvalue weighted by Crippen LogP contribution is -2.32. The molecule has 0 radical (unpaired) electrons. The van der Waals surface area contributed by atoms with Gasteiger partial charge in [-0.25, -0.2) is 15.0 Å². The molecule has 0 amide bonds. The van der Waals surface area contributed by atoms with E-state index in [0.29, 0.717) is 41.1 Å². The number of hydrogen-bond donors (Lipinski definition) is 0. The van der Waals surface area contributed by atoms with E-state index >= 15 is 0 Å². The normalized spacial score (nSPS) is 13.0. The number of terminal acetylenes is 1. The van der Waals surface area contributed by atoms with Crippen molar-refractivity contribution in [2.24, 2.45) is 4.99 Å². The van der Waals surface area contributed by atoms with E-state index in [9.17, 15) is 21.0 Å². The maximum atomic E-state index is 9.71. The molecular formula is C64H41N9. The minimum Gasteiger partial charge on any atom is -0.321 e. The van der Waals surface area contributed by atoms with Crippen LogP contribution >= 0.6 is 0 Å². The van der Waals surface area contributed by atoms with Crippen LogP contribution < -0.4 is 0 Å². The molecule has 0 saturated heterocycles. The lowest BCUT2D eigenvalue weighted by atomic mass is 9.96. The molecule has 0 saturated carbocycles. The van der Waals surface area contributed by atoms with Crippen LogP contribution in [0.3, 0.4) is 0 Å². The fraction of sp³-hybridized carbons (Fsp3) is 0.0469. The van der Waals surface area contributed by atoms with E-state index < -0.39 is 0 Å². The first-order chi connectivity index (χ1) is 35.9. The predicted octanol–water partition coefficient (Wildman–Crippen LogP) is 14.0. The molecule has 1 aliphatic heterocycles. The third-order valence-electron chi connectivity index (χ3n) is 13.0. The van der Waals surface area contributed by atoms with Gasteiger partial charge in [-0.2, -0.15) is 21.0 Å². The number of nitrogens with zero attached hydrogens (tertiary/aromatic N) is 9. The average Bonchev–Trinajstić information content (AvgIpc) is 3.71. The number of imidazole rings is 1. The molecule has 3 heterocycles. The van der Waals surface area contributed by atoms with Gasteiger partial charge in [0.1, 0.15) is 17.3 Å². The van der Waals surface area contributed by atoms with E-state index in [4.69, 9.17) is 15.0 Å². The lowest BCUT2D eigenvalue weighted by Gasteiger charge is -2.34. The summed E-state index contributed by atoms with van der Waals surface area (Å²) in [5, 5.41) is 39.5. The number of fused-ring (bicyclic) bond motifs is 4. The Morgan fingerprint density at radius 2 is 1.11 bits per heavy atom. The molecule has 0 unspecified atom stereocenters. The summed E-state index contributed by atoms with van der Waals surface area (Å²) in [6.07, 6.45) is 16.4. The second-order valence-corrected chi connectivity index (χ2v) is 17.3. The molecule has 73 heavy (non-hydrogen) atoms. The van der Waals surface area contributed by atoms with Crippen LogP contribution in [0, 0.1) is 58.2 Å². The van der Waals surface area contributed by atoms with Crippen LogP contribution in [-0.2, 0) is 6.54 Å². The van der Waals surface area contributed by atoms with Gasteiger partial charge in [0.15, 0.2) is 0 Å². The molecule has 2 aliphatic rings. The number of nitriles is 4. The number of aromatic nitrogens is 3. The van der Waals surface area contributed by atoms with Crippen molar-refractivity contribution in [2.75, 3.05) is 0 Å². The average molecular weight is 936 g/mol. The molecule has 11 rings (SSSR count). The quantitative estimate of drug-likeness (QED) is 0.109. The van der Waals surface area contributed by atoms with E-state index in [-0.39, 0.29) is 0 Å². The molecule has 7 aromatic carbocycles. The fourth-order valence-electron chi connectivity index (χ4n) is 9.39. The second-order valence-electron chi connectivity index (χ2n) is 17.3. The van der Waals surface area contributed by atoms with Crippen molar-refractivity contribution in [2.45, 2.75) is 19.9 Å². The van der Waals surface area contributed by atoms with E-state index in [1.807, 2.05) is 133 Å². The molecular weight excluding hydrogens is 895 g/mol. The van der Waals surface area contributed by atoms with Crippen LogP contribution in [0.2, 0.25) is 0 Å². The smallest absolute Gasteiger partial charge is 0.149 e. The van der Waals surface area contributed by atoms with E-state index in [1.54, 1.807) is 0 Å². The molecule has 0 bridgehead atoms. The van der Waals surface area contributed by atoms with Crippen LogP contribution in [0.1, 0.15) is 58.0 Å². The first kappa shape index (κ1) is 46.1. The van der Waals surface area contributed by atoms with E-state index in [2.05, 4.69) is 114 Å². The van der Waals surface area contributed by atoms with Gasteiger partial charge in [-0.1, -0.05) is 133 Å². The summed E-state index contributed by atoms with van der Waals surface area (Å²) in [7, 11) is 0. The summed E-state index contributed by atoms with van der Waals surface area (Å²) in [4.78, 5) is 18.2. The number of aliphatic imine (C=N–C) groups is 1. The van der Waals surface area contributed by atoms with Gasteiger partial charge in [0, 0.05) is 27.6 Å². The fourth-order valence-corrected chi connectivity index (χ4v) is 9.39. The first-order valence-electron chi connectivity index (χ1n) is 23.4. The zero-order valence-electron chi connectivity index (χ0n) is 39.6. The summed E-state index contributed by atoms with van der Waals surface area (Å²) < 4.78 is 2.12. The monoisotopic (exact) mass is 935 g/mol. The van der Waals surface area contributed by atoms with Crippen molar-refractivity contribution in [1.29, 1.82) is 21.0 Å². The number of rotatable bonds is 8. The zero-order chi connectivity index (χ0) is 50.4. The minimum atomic E-state index is 0.557. The van der Waals surface area contributed by atoms with Crippen LogP contribution in [0.25, 0.3) is 67.2 Å². The topological polar surface area (TPSA) is 141 Å². The van der Waals surface area contributed by atoms with Gasteiger partial charge in [0.25, 0.3) is 0 Å². The maximum absolute atomic E-state index is 9.71. The summed E-state index contributed by atoms with van der Waals surface area (Å²) in [6, 6.07) is 65.0. The van der Waals surface area contributed by atoms with Gasteiger partial charge in [-0.05, 0) is 113 Å². The summed E-state index contributed by atoms with van der Waals surface area (Å²) >= 11 is 0. The van der Waals surface area contributed by atoms with Crippen LogP contribution in [0.5, 0.6) is 0 Å². The van der Waals surface area contributed by atoms with E-state index in [0.717, 1.165) is 101 Å². The molecule has 1 aliphatic carbocycles. The Hall–Kier alpha value is -10.6. The highest BCUT2D eigenvalue weighted by Gasteiger charge is 2.28. The molecule has 0 spiro atoms. The highest BCUT2D eigenvalue weighted by atomic mass is 15.2. The molecule has 0 fully saturated rings. The Bertz CT molecular complexity index is 3990. The van der Waals surface area contributed by atoms with Crippen molar-refractivity contribution in [3.8, 4) is 70.9 Å². The Morgan fingerprint density at radius 1 is 0.548 bits per heavy atom. The standard InChI is InChI=1S/C62H39N9.C2H2/c1-40(45-20-13-42(36-64)14-21-45)58(49-23-16-43(37-65)17-24-49)70-39-53-8-2-4-11-55(53)67-60(70)51-31-27-46(28-32-51)47-29-33-52(34-30-47)61-68-56-12-5-3-10-54(56)62-69-57(48-9-6-7-41(35-63)15-22-48)59(71(61)62)50-25-18-44(38-66)19-26-50;1-2/h2-5,7-34H,6,39H2,1H3;1-2H/b58-40+;. The molecule has 0 atom stereocenters. The second kappa shape index (κ2) is 20.1. The number of para-hydroxylation sites is 2. The van der Waals surface area contributed by atoms with Crippen LogP contribution in [-0.4, -0.2) is 25.1 Å². The van der Waals surface area contributed by atoms with Crippen LogP contribution in [0.15, 0.2) is 205 Å². The van der Waals surface area contributed by atoms with Crippen molar-refractivity contribution in [1.82, 2.24) is 19.3 Å². The first-order valence-corrected chi connectivity index (χ1v) is 23.4. The van der Waals surface area contributed by atoms with E-state index in [1.165, 1.54) is 0 Å². The third kappa shape index (κ3) is 8.85. The van der Waals surface area contributed by atoms with Gasteiger partial charge < -0.3 is 4.90 Å². The minimum absolute atomic E-state index is 0.557. The summed E-state index contributed by atoms with van der Waals surface area (Å²) in [5.74, 6) is 1.50. The van der Waals surface area contributed by atoms with Crippen LogP contribution in [0.4, 0.5) is 5.69 Å². The van der Waals surface area contributed by atoms with Gasteiger partial charge in [0.2, 0.25) is 0 Å². The highest BCUT2D eigenvalue weighted by molar-refractivity contribution is 6.09. The third-order valence-corrected chi connectivity index (χ3v) is 13.0. The molecule has 9 heteroatoms. The Kier molecular flexibility index (Phi) is 12.7. The van der Waals surface area contributed by atoms with Crippen molar-refractivity contribution in [3.63, 3.8) is 0 Å². The van der Waals surface area contributed by atoms with Gasteiger partial charge in [0.05, 0.1) is 75.8 Å². The molecule has 9 aromatic rings. The summed E-state index contributed by atoms with van der Waals surface area (Å²) in [5.41, 5.74) is 17.0. The predicted molar refractivity (Wildman–Crippen MR) is 290 cm³/mol. The molecule has 9 nitrogen and oxygen atoms in total. The van der Waals surface area contributed by atoms with Gasteiger partial charge >= 0.3 is 0 Å². The molecule has 342 valence electrons. The maximum Gasteiger partial charge on any atom is 0.149 e. The number of hydrogen-bond acceptors (Lipinski definition) is 8. The zero-order valence-corrected chi connectivity index (χ0v) is 39.6. The SMILES string of the molecule is C#C.C/C(=C(/c1ccc(C#N)cc1)N1Cc2ccccc2N=C1c1ccc(-c2ccc(-c3nc4ccccc4c4nc(C5=CCC=C(C#N)C=C5)c(-c5ccc(C#N)cc5)n34)cc2)cc1)c1ccc(C#N)cc1. The van der Waals surface area contributed by atoms with Gasteiger partial charge in [-0.15, -0.1) is 12.8 Å². The Labute approximate surface area is 423 Å². The van der Waals surface area contributed by atoms with Crippen molar-refractivity contribution < 1.29 is 0 Å². The largest absolute Gasteiger partial charge is 0.321 e. The number of amidine groups is 1. The number of benzene rings is 7. The Morgan fingerprint density at radius 3 is 1.75 bits per heavy atom. The highest BCUT2D eigenvalue weighted by Crippen LogP contribution is 2.40. The number of allylic oxidation sites excluding steroid dienone is 7. The van der Waals surface area contributed by atoms with Gasteiger partial charge in [-0.3, -0.25) is 4.40 Å². The van der Waals surface area contributed by atoms with Crippen molar-refractivity contribution >= 4 is 44.9 Å². The summed E-state index contributed by atoms with van der Waals surface area (Å²) in [6.45, 7) is 2.66. The molecule has 2 aromatic heterocycles. The lowest BCUT2D eigenvalue weighted by molar-refractivity contribution is 0.570. The van der Waals surface area contributed by atoms with Crippen molar-refractivity contribution in [3.05, 3.63) is 244 Å². The Balaban J connectivity index is 0.00000302.